The molecular weight excluding hydrogens is 212 g/mol. The molecule has 3 nitrogen and oxygen atoms in total. The summed E-state index contributed by atoms with van der Waals surface area (Å²) in [5.74, 6) is 0. The number of hydrogen-bond donors (Lipinski definition) is 1. The maximum Gasteiger partial charge on any atom is 0.0639 e. The Labute approximate surface area is 104 Å². The lowest BCUT2D eigenvalue weighted by molar-refractivity contribution is 0.0781. The summed E-state index contributed by atoms with van der Waals surface area (Å²) >= 11 is 0. The molecule has 1 aromatic rings. The molecule has 0 spiro atoms. The number of aliphatic hydroxyl groups excluding tert-OH is 1. The molecule has 17 heavy (non-hydrogen) atoms. The van der Waals surface area contributed by atoms with Crippen molar-refractivity contribution in [3.05, 3.63) is 35.9 Å². The van der Waals surface area contributed by atoms with Crippen molar-refractivity contribution in [1.82, 2.24) is 9.80 Å². The third kappa shape index (κ3) is 4.11. The summed E-state index contributed by atoms with van der Waals surface area (Å²) in [6.45, 7) is 8.04. The molecule has 0 aromatic heterocycles. The summed E-state index contributed by atoms with van der Waals surface area (Å²) in [5, 5.41) is 9.35. The summed E-state index contributed by atoms with van der Waals surface area (Å²) in [6, 6.07) is 10.6. The highest BCUT2D eigenvalue weighted by Gasteiger charge is 2.17. The van der Waals surface area contributed by atoms with Crippen LogP contribution in [-0.2, 0) is 6.54 Å². The fraction of sp³-hybridized carbons (Fsp3) is 0.571. The zero-order valence-corrected chi connectivity index (χ0v) is 10.5. The Morgan fingerprint density at radius 1 is 1.06 bits per heavy atom. The molecule has 0 amide bonds. The molecule has 0 aliphatic carbocycles. The van der Waals surface area contributed by atoms with Crippen LogP contribution in [0.2, 0.25) is 0 Å². The third-order valence-corrected chi connectivity index (χ3v) is 3.24. The Hall–Kier alpha value is -0.900. The van der Waals surface area contributed by atoms with E-state index in [9.17, 15) is 5.11 Å². The van der Waals surface area contributed by atoms with Crippen LogP contribution in [0.3, 0.4) is 0 Å². The molecule has 1 saturated heterocycles. The highest BCUT2D eigenvalue weighted by molar-refractivity contribution is 5.14. The van der Waals surface area contributed by atoms with Crippen molar-refractivity contribution in [2.75, 3.05) is 32.7 Å². The van der Waals surface area contributed by atoms with Crippen LogP contribution in [0.25, 0.3) is 0 Å². The lowest BCUT2D eigenvalue weighted by Gasteiger charge is -2.35. The molecule has 0 bridgehead atoms. The zero-order valence-electron chi connectivity index (χ0n) is 10.5. The van der Waals surface area contributed by atoms with E-state index in [-0.39, 0.29) is 6.10 Å². The Morgan fingerprint density at radius 3 is 2.24 bits per heavy atom. The van der Waals surface area contributed by atoms with Gasteiger partial charge >= 0.3 is 0 Å². The Bertz CT molecular complexity index is 318. The van der Waals surface area contributed by atoms with Crippen LogP contribution in [0.5, 0.6) is 0 Å². The van der Waals surface area contributed by atoms with E-state index in [4.69, 9.17) is 0 Å². The molecule has 1 aliphatic heterocycles. The lowest BCUT2D eigenvalue weighted by atomic mass is 10.2. The van der Waals surface area contributed by atoms with Crippen molar-refractivity contribution in [2.45, 2.75) is 19.6 Å². The predicted molar refractivity (Wildman–Crippen MR) is 69.8 cm³/mol. The van der Waals surface area contributed by atoms with Gasteiger partial charge in [0.15, 0.2) is 0 Å². The van der Waals surface area contributed by atoms with E-state index in [2.05, 4.69) is 40.1 Å². The van der Waals surface area contributed by atoms with Gasteiger partial charge in [-0.05, 0) is 12.5 Å². The summed E-state index contributed by atoms with van der Waals surface area (Å²) in [5.41, 5.74) is 1.39. The minimum Gasteiger partial charge on any atom is -0.392 e. The average Bonchev–Trinajstić information content (AvgIpc) is 2.32. The largest absolute Gasteiger partial charge is 0.392 e. The average molecular weight is 234 g/mol. The van der Waals surface area contributed by atoms with E-state index in [0.717, 1.165) is 39.3 Å². The van der Waals surface area contributed by atoms with E-state index in [0.29, 0.717) is 0 Å². The number of aliphatic hydroxyl groups is 1. The van der Waals surface area contributed by atoms with Gasteiger partial charge in [-0.3, -0.25) is 9.80 Å². The maximum atomic E-state index is 9.35. The van der Waals surface area contributed by atoms with Gasteiger partial charge in [0.25, 0.3) is 0 Å². The van der Waals surface area contributed by atoms with E-state index >= 15 is 0 Å². The van der Waals surface area contributed by atoms with Gasteiger partial charge in [0.1, 0.15) is 0 Å². The molecule has 2 rings (SSSR count). The number of piperazine rings is 1. The molecule has 1 aromatic carbocycles. The highest BCUT2D eigenvalue weighted by atomic mass is 16.3. The fourth-order valence-corrected chi connectivity index (χ4v) is 2.35. The summed E-state index contributed by atoms with van der Waals surface area (Å²) in [6.07, 6.45) is -0.212. The van der Waals surface area contributed by atoms with Crippen LogP contribution < -0.4 is 0 Å². The number of benzene rings is 1. The monoisotopic (exact) mass is 234 g/mol. The Kier molecular flexibility index (Phi) is 4.54. The second-order valence-electron chi connectivity index (χ2n) is 4.91. The lowest BCUT2D eigenvalue weighted by Crippen LogP contribution is -2.47. The van der Waals surface area contributed by atoms with E-state index in [1.807, 2.05) is 6.92 Å². The normalized spacial score (nSPS) is 20.4. The van der Waals surface area contributed by atoms with Crippen LogP contribution in [0.4, 0.5) is 0 Å². The first-order valence-corrected chi connectivity index (χ1v) is 6.41. The van der Waals surface area contributed by atoms with E-state index < -0.39 is 0 Å². The van der Waals surface area contributed by atoms with Gasteiger partial charge in [-0.15, -0.1) is 0 Å². The van der Waals surface area contributed by atoms with E-state index in [1.54, 1.807) is 0 Å². The van der Waals surface area contributed by atoms with E-state index in [1.165, 1.54) is 5.56 Å². The van der Waals surface area contributed by atoms with Crippen LogP contribution >= 0.6 is 0 Å². The van der Waals surface area contributed by atoms with Gasteiger partial charge in [-0.25, -0.2) is 0 Å². The molecule has 0 radical (unpaired) electrons. The number of rotatable bonds is 4. The second kappa shape index (κ2) is 6.15. The quantitative estimate of drug-likeness (QED) is 0.847. The molecule has 0 unspecified atom stereocenters. The minimum atomic E-state index is -0.212. The van der Waals surface area contributed by atoms with Crippen LogP contribution in [0.1, 0.15) is 12.5 Å². The molecule has 94 valence electrons. The van der Waals surface area contributed by atoms with Crippen molar-refractivity contribution in [3.8, 4) is 0 Å². The Balaban J connectivity index is 1.76. The Morgan fingerprint density at radius 2 is 1.65 bits per heavy atom. The zero-order chi connectivity index (χ0) is 12.1. The van der Waals surface area contributed by atoms with Gasteiger partial charge in [0.05, 0.1) is 6.10 Å². The molecule has 1 atom stereocenters. The smallest absolute Gasteiger partial charge is 0.0639 e. The molecule has 0 saturated carbocycles. The predicted octanol–water partition coefficient (Wildman–Crippen LogP) is 1.18. The van der Waals surface area contributed by atoms with Gasteiger partial charge in [0, 0.05) is 39.3 Å². The van der Waals surface area contributed by atoms with Crippen molar-refractivity contribution in [1.29, 1.82) is 0 Å². The first-order valence-electron chi connectivity index (χ1n) is 6.41. The summed E-state index contributed by atoms with van der Waals surface area (Å²) in [4.78, 5) is 4.82. The fourth-order valence-electron chi connectivity index (χ4n) is 2.35. The van der Waals surface area contributed by atoms with Crippen molar-refractivity contribution < 1.29 is 5.11 Å². The van der Waals surface area contributed by atoms with Gasteiger partial charge < -0.3 is 5.11 Å². The number of hydrogen-bond acceptors (Lipinski definition) is 3. The SMILES string of the molecule is C[C@@H](O)CN1CCN(Cc2ccccc2)CC1. The standard InChI is InChI=1S/C14H22N2O/c1-13(17)11-15-7-9-16(10-8-15)12-14-5-3-2-4-6-14/h2-6,13,17H,7-12H2,1H3/t13-/m1/s1. The van der Waals surface area contributed by atoms with Crippen molar-refractivity contribution in [2.24, 2.45) is 0 Å². The molecule has 1 aliphatic rings. The van der Waals surface area contributed by atoms with Gasteiger partial charge in [0.2, 0.25) is 0 Å². The third-order valence-electron chi connectivity index (χ3n) is 3.24. The van der Waals surface area contributed by atoms with Crippen LogP contribution in [-0.4, -0.2) is 53.7 Å². The highest BCUT2D eigenvalue weighted by Crippen LogP contribution is 2.08. The first-order chi connectivity index (χ1) is 8.24. The van der Waals surface area contributed by atoms with Crippen LogP contribution in [0.15, 0.2) is 30.3 Å². The first kappa shape index (κ1) is 12.6. The topological polar surface area (TPSA) is 26.7 Å². The maximum absolute atomic E-state index is 9.35. The van der Waals surface area contributed by atoms with Crippen LogP contribution in [0, 0.1) is 0 Å². The van der Waals surface area contributed by atoms with Crippen molar-refractivity contribution in [3.63, 3.8) is 0 Å². The second-order valence-corrected chi connectivity index (χ2v) is 4.91. The molecule has 1 heterocycles. The van der Waals surface area contributed by atoms with Crippen molar-refractivity contribution >= 4 is 0 Å². The molecule has 1 fully saturated rings. The molecule has 3 heteroatoms. The number of β-amino-alcohol motifs (C(OH)–C–C–N with tert-alkyl or cyclic N) is 1. The summed E-state index contributed by atoms with van der Waals surface area (Å²) < 4.78 is 0. The van der Waals surface area contributed by atoms with Gasteiger partial charge in [-0.1, -0.05) is 30.3 Å². The minimum absolute atomic E-state index is 0.212. The van der Waals surface area contributed by atoms with Gasteiger partial charge in [-0.2, -0.15) is 0 Å². The molecular formula is C14H22N2O. The molecule has 1 N–H and O–H groups in total. The summed E-state index contributed by atoms with van der Waals surface area (Å²) in [7, 11) is 0. The number of nitrogens with zero attached hydrogens (tertiary/aromatic N) is 2.